The molecule has 0 aliphatic carbocycles. The molecule has 1 aromatic heterocycles. The summed E-state index contributed by atoms with van der Waals surface area (Å²) in [6.45, 7) is 3.19. The number of benzene rings is 1. The Morgan fingerprint density at radius 3 is 2.74 bits per heavy atom. The number of phenols is 1. The number of anilines is 1. The van der Waals surface area contributed by atoms with Crippen molar-refractivity contribution in [2.24, 2.45) is 0 Å². The van der Waals surface area contributed by atoms with Crippen molar-refractivity contribution in [3.8, 4) is 11.5 Å². The van der Waals surface area contributed by atoms with Crippen molar-refractivity contribution >= 4 is 34.2 Å². The maximum Gasteiger partial charge on any atom is 0.250 e. The van der Waals surface area contributed by atoms with Gasteiger partial charge in [0.1, 0.15) is 0 Å². The van der Waals surface area contributed by atoms with Gasteiger partial charge in [0.05, 0.1) is 17.7 Å². The van der Waals surface area contributed by atoms with Crippen LogP contribution in [-0.4, -0.2) is 28.9 Å². The Balaban J connectivity index is 2.07. The van der Waals surface area contributed by atoms with Crippen molar-refractivity contribution in [1.82, 2.24) is 4.98 Å². The van der Waals surface area contributed by atoms with Crippen LogP contribution in [-0.2, 0) is 4.79 Å². The number of nitrogens with zero attached hydrogens (tertiary/aromatic N) is 1. The predicted octanol–water partition coefficient (Wildman–Crippen LogP) is 3.02. The molecular formula is C16H16N2O4S. The highest BCUT2D eigenvalue weighted by molar-refractivity contribution is 7.17. The van der Waals surface area contributed by atoms with Crippen molar-refractivity contribution in [2.45, 2.75) is 13.8 Å². The third-order valence-electron chi connectivity index (χ3n) is 2.98. The number of carbonyl (C=O) groups excluding carboxylic acids is 2. The number of aromatic nitrogens is 1. The molecule has 0 saturated heterocycles. The van der Waals surface area contributed by atoms with Crippen molar-refractivity contribution < 1.29 is 19.4 Å². The fourth-order valence-corrected chi connectivity index (χ4v) is 2.76. The summed E-state index contributed by atoms with van der Waals surface area (Å²) in [5.74, 6) is -0.0774. The maximum atomic E-state index is 11.9. The smallest absolute Gasteiger partial charge is 0.250 e. The van der Waals surface area contributed by atoms with E-state index in [1.165, 1.54) is 26.2 Å². The summed E-state index contributed by atoms with van der Waals surface area (Å²) >= 11 is 1.15. The summed E-state index contributed by atoms with van der Waals surface area (Å²) in [5.41, 5.74) is 1.31. The highest BCUT2D eigenvalue weighted by Crippen LogP contribution is 2.27. The number of Topliss-reactive ketones (excluding diaryl/α,β-unsaturated/α-hetero) is 1. The summed E-state index contributed by atoms with van der Waals surface area (Å²) < 4.78 is 5.00. The van der Waals surface area contributed by atoms with E-state index in [1.54, 1.807) is 25.1 Å². The van der Waals surface area contributed by atoms with E-state index < -0.39 is 0 Å². The molecule has 0 unspecified atom stereocenters. The second-order valence-electron chi connectivity index (χ2n) is 4.74. The molecule has 6 nitrogen and oxygen atoms in total. The Labute approximate surface area is 137 Å². The normalized spacial score (nSPS) is 10.7. The molecule has 2 aromatic rings. The Morgan fingerprint density at radius 1 is 1.39 bits per heavy atom. The quantitative estimate of drug-likeness (QED) is 0.649. The van der Waals surface area contributed by atoms with Gasteiger partial charge in [-0.25, -0.2) is 4.98 Å². The van der Waals surface area contributed by atoms with Gasteiger partial charge in [0, 0.05) is 13.0 Å². The van der Waals surface area contributed by atoms with E-state index in [2.05, 4.69) is 10.3 Å². The van der Waals surface area contributed by atoms with Gasteiger partial charge in [-0.2, -0.15) is 0 Å². The standard InChI is InChI=1S/C16H16N2O4S/c1-9-15(10(2)19)23-16(17-9)18-14(21)7-5-11-4-6-12(20)13(8-11)22-3/h4-8,20H,1-3H3,(H,17,18,21)/b7-5+. The van der Waals surface area contributed by atoms with Crippen LogP contribution in [0.4, 0.5) is 5.13 Å². The number of phenolic OH excluding ortho intramolecular Hbond substituents is 1. The average molecular weight is 332 g/mol. The number of methoxy groups -OCH3 is 1. The fraction of sp³-hybridized carbons (Fsp3) is 0.188. The molecular weight excluding hydrogens is 316 g/mol. The molecule has 7 heteroatoms. The fourth-order valence-electron chi connectivity index (χ4n) is 1.89. The largest absolute Gasteiger partial charge is 0.504 e. The van der Waals surface area contributed by atoms with Gasteiger partial charge < -0.3 is 9.84 Å². The zero-order chi connectivity index (χ0) is 17.0. The molecule has 120 valence electrons. The predicted molar refractivity (Wildman–Crippen MR) is 89.2 cm³/mol. The minimum absolute atomic E-state index is 0.0316. The van der Waals surface area contributed by atoms with Crippen LogP contribution in [0.15, 0.2) is 24.3 Å². The van der Waals surface area contributed by atoms with Crippen molar-refractivity contribution in [2.75, 3.05) is 12.4 Å². The second-order valence-corrected chi connectivity index (χ2v) is 5.74. The van der Waals surface area contributed by atoms with Crippen LogP contribution in [0, 0.1) is 6.92 Å². The van der Waals surface area contributed by atoms with E-state index in [0.29, 0.717) is 27.0 Å². The summed E-state index contributed by atoms with van der Waals surface area (Å²) in [7, 11) is 1.45. The van der Waals surface area contributed by atoms with Gasteiger partial charge in [0.15, 0.2) is 22.4 Å². The molecule has 1 amide bonds. The minimum Gasteiger partial charge on any atom is -0.504 e. The molecule has 0 bridgehead atoms. The number of ketones is 1. The summed E-state index contributed by atoms with van der Waals surface area (Å²) in [6.07, 6.45) is 2.93. The van der Waals surface area contributed by atoms with E-state index in [-0.39, 0.29) is 17.4 Å². The number of thiazole rings is 1. The van der Waals surface area contributed by atoms with E-state index in [4.69, 9.17) is 4.74 Å². The molecule has 0 atom stereocenters. The van der Waals surface area contributed by atoms with Gasteiger partial charge in [-0.05, 0) is 30.7 Å². The monoisotopic (exact) mass is 332 g/mol. The molecule has 0 aliphatic heterocycles. The molecule has 0 fully saturated rings. The number of hydrogen-bond acceptors (Lipinski definition) is 6. The van der Waals surface area contributed by atoms with Gasteiger partial charge in [0.2, 0.25) is 5.91 Å². The van der Waals surface area contributed by atoms with Crippen LogP contribution in [0.2, 0.25) is 0 Å². The van der Waals surface area contributed by atoms with Gasteiger partial charge in [-0.15, -0.1) is 0 Å². The zero-order valence-corrected chi connectivity index (χ0v) is 13.7. The molecule has 1 aromatic carbocycles. The Hall–Kier alpha value is -2.67. The Bertz CT molecular complexity index is 780. The first-order valence-electron chi connectivity index (χ1n) is 6.75. The number of nitrogens with one attached hydrogen (secondary N) is 1. The van der Waals surface area contributed by atoms with Crippen LogP contribution in [0.1, 0.15) is 27.9 Å². The van der Waals surface area contributed by atoms with Crippen molar-refractivity contribution in [3.63, 3.8) is 0 Å². The van der Waals surface area contributed by atoms with Gasteiger partial charge in [0.25, 0.3) is 0 Å². The summed E-state index contributed by atoms with van der Waals surface area (Å²) in [5, 5.41) is 12.5. The number of aromatic hydroxyl groups is 1. The lowest BCUT2D eigenvalue weighted by Crippen LogP contribution is -2.07. The molecule has 2 rings (SSSR count). The van der Waals surface area contributed by atoms with Crippen LogP contribution in [0.3, 0.4) is 0 Å². The van der Waals surface area contributed by atoms with E-state index >= 15 is 0 Å². The SMILES string of the molecule is COc1cc(/C=C/C(=O)Nc2nc(C)c(C(C)=O)s2)ccc1O. The zero-order valence-electron chi connectivity index (χ0n) is 12.9. The van der Waals surface area contributed by atoms with Crippen molar-refractivity contribution in [1.29, 1.82) is 0 Å². The molecule has 23 heavy (non-hydrogen) atoms. The first kappa shape index (κ1) is 16.7. The first-order chi connectivity index (χ1) is 10.9. The molecule has 0 spiro atoms. The molecule has 1 heterocycles. The van der Waals surface area contributed by atoms with Gasteiger partial charge in [-0.1, -0.05) is 17.4 Å². The number of aryl methyl sites for hydroxylation is 1. The summed E-state index contributed by atoms with van der Waals surface area (Å²) in [6, 6.07) is 4.75. The topological polar surface area (TPSA) is 88.5 Å². The highest BCUT2D eigenvalue weighted by atomic mass is 32.1. The lowest BCUT2D eigenvalue weighted by molar-refractivity contribution is -0.111. The number of amides is 1. The van der Waals surface area contributed by atoms with Crippen LogP contribution >= 0.6 is 11.3 Å². The van der Waals surface area contributed by atoms with E-state index in [1.807, 2.05) is 0 Å². The van der Waals surface area contributed by atoms with Crippen LogP contribution in [0.25, 0.3) is 6.08 Å². The maximum absolute atomic E-state index is 11.9. The van der Waals surface area contributed by atoms with Gasteiger partial charge in [-0.3, -0.25) is 14.9 Å². The molecule has 0 saturated carbocycles. The van der Waals surface area contributed by atoms with E-state index in [0.717, 1.165) is 11.3 Å². The number of hydrogen-bond donors (Lipinski definition) is 2. The lowest BCUT2D eigenvalue weighted by Gasteiger charge is -2.03. The van der Waals surface area contributed by atoms with Gasteiger partial charge >= 0.3 is 0 Å². The molecule has 0 radical (unpaired) electrons. The number of rotatable bonds is 5. The summed E-state index contributed by atoms with van der Waals surface area (Å²) in [4.78, 5) is 28.0. The number of ether oxygens (including phenoxy) is 1. The van der Waals surface area contributed by atoms with E-state index in [9.17, 15) is 14.7 Å². The third kappa shape index (κ3) is 4.17. The average Bonchev–Trinajstić information content (AvgIpc) is 2.87. The highest BCUT2D eigenvalue weighted by Gasteiger charge is 2.12. The lowest BCUT2D eigenvalue weighted by atomic mass is 10.2. The third-order valence-corrected chi connectivity index (χ3v) is 4.15. The van der Waals surface area contributed by atoms with Crippen LogP contribution < -0.4 is 10.1 Å². The van der Waals surface area contributed by atoms with Crippen LogP contribution in [0.5, 0.6) is 11.5 Å². The molecule has 0 aliphatic rings. The Kier molecular flexibility index (Phi) is 5.13. The molecule has 2 N–H and O–H groups in total. The minimum atomic E-state index is -0.360. The second kappa shape index (κ2) is 7.06. The first-order valence-corrected chi connectivity index (χ1v) is 7.56. The van der Waals surface area contributed by atoms with Crippen molar-refractivity contribution in [3.05, 3.63) is 40.4 Å². The Morgan fingerprint density at radius 2 is 2.13 bits per heavy atom. The number of carbonyl (C=O) groups is 2.